The number of halogens is 1. The molecule has 0 aliphatic carbocycles. The maximum absolute atomic E-state index is 12.6. The predicted molar refractivity (Wildman–Crippen MR) is 97.4 cm³/mol. The van der Waals surface area contributed by atoms with Crippen LogP contribution in [0.4, 0.5) is 5.69 Å². The molecule has 0 saturated heterocycles. The zero-order valence-corrected chi connectivity index (χ0v) is 15.1. The number of primary amides is 1. The molecular formula is C18H19BrN2O3. The zero-order valence-electron chi connectivity index (χ0n) is 13.5. The van der Waals surface area contributed by atoms with Crippen LogP contribution in [0.15, 0.2) is 46.9 Å². The fraction of sp³-hybridized carbons (Fsp3) is 0.222. The quantitative estimate of drug-likeness (QED) is 0.785. The standard InChI is InChI=1S/C18H19BrN2O3/c1-11(2)10-24-16-7-6-13(19)9-15(16)18(23)21-14-5-3-4-12(8-14)17(20)22/h3-9,11H,10H2,1-2H3,(H2,20,22)(H,21,23). The normalized spacial score (nSPS) is 10.5. The van der Waals surface area contributed by atoms with Gasteiger partial charge in [0, 0.05) is 15.7 Å². The summed E-state index contributed by atoms with van der Waals surface area (Å²) in [6, 6.07) is 11.7. The molecular weight excluding hydrogens is 372 g/mol. The number of anilines is 1. The van der Waals surface area contributed by atoms with Crippen molar-refractivity contribution in [2.24, 2.45) is 11.7 Å². The Kier molecular flexibility index (Phi) is 5.98. The zero-order chi connectivity index (χ0) is 17.7. The van der Waals surface area contributed by atoms with E-state index in [1.54, 1.807) is 30.3 Å². The number of nitrogens with one attached hydrogen (secondary N) is 1. The molecule has 0 aliphatic rings. The molecule has 2 aromatic rings. The molecule has 0 unspecified atom stereocenters. The Hall–Kier alpha value is -2.34. The third-order valence-corrected chi connectivity index (χ3v) is 3.66. The highest BCUT2D eigenvalue weighted by molar-refractivity contribution is 9.10. The minimum Gasteiger partial charge on any atom is -0.492 e. The van der Waals surface area contributed by atoms with E-state index in [9.17, 15) is 9.59 Å². The number of hydrogen-bond donors (Lipinski definition) is 2. The molecule has 0 bridgehead atoms. The van der Waals surface area contributed by atoms with Crippen molar-refractivity contribution in [2.45, 2.75) is 13.8 Å². The molecule has 2 aromatic carbocycles. The number of benzene rings is 2. The lowest BCUT2D eigenvalue weighted by molar-refractivity contribution is 0.0995. The molecule has 5 nitrogen and oxygen atoms in total. The summed E-state index contributed by atoms with van der Waals surface area (Å²) in [7, 11) is 0. The summed E-state index contributed by atoms with van der Waals surface area (Å²) in [5.74, 6) is -0.0153. The number of nitrogens with two attached hydrogens (primary N) is 1. The molecule has 126 valence electrons. The lowest BCUT2D eigenvalue weighted by Crippen LogP contribution is -2.16. The van der Waals surface area contributed by atoms with Gasteiger partial charge in [-0.15, -0.1) is 0 Å². The second kappa shape index (κ2) is 7.97. The van der Waals surface area contributed by atoms with E-state index < -0.39 is 5.91 Å². The molecule has 0 saturated carbocycles. The van der Waals surface area contributed by atoms with Crippen molar-refractivity contribution < 1.29 is 14.3 Å². The van der Waals surface area contributed by atoms with Gasteiger partial charge in [-0.05, 0) is 42.3 Å². The van der Waals surface area contributed by atoms with Crippen LogP contribution in [0.1, 0.15) is 34.6 Å². The minimum absolute atomic E-state index is 0.323. The van der Waals surface area contributed by atoms with Gasteiger partial charge in [-0.1, -0.05) is 35.8 Å². The summed E-state index contributed by atoms with van der Waals surface area (Å²) in [6.45, 7) is 4.58. The molecule has 2 rings (SSSR count). The smallest absolute Gasteiger partial charge is 0.259 e. The van der Waals surface area contributed by atoms with E-state index in [0.717, 1.165) is 4.47 Å². The van der Waals surface area contributed by atoms with Crippen LogP contribution < -0.4 is 15.8 Å². The summed E-state index contributed by atoms with van der Waals surface area (Å²) in [4.78, 5) is 23.8. The summed E-state index contributed by atoms with van der Waals surface area (Å²) in [5.41, 5.74) is 6.49. The molecule has 0 heterocycles. The molecule has 24 heavy (non-hydrogen) atoms. The number of carbonyl (C=O) groups excluding carboxylic acids is 2. The van der Waals surface area contributed by atoms with Crippen LogP contribution in [-0.4, -0.2) is 18.4 Å². The number of ether oxygens (including phenoxy) is 1. The van der Waals surface area contributed by atoms with E-state index in [-0.39, 0.29) is 5.91 Å². The van der Waals surface area contributed by atoms with Gasteiger partial charge in [0.1, 0.15) is 5.75 Å². The molecule has 3 N–H and O–H groups in total. The minimum atomic E-state index is -0.547. The van der Waals surface area contributed by atoms with Crippen LogP contribution in [0.25, 0.3) is 0 Å². The highest BCUT2D eigenvalue weighted by Gasteiger charge is 2.15. The first-order valence-corrected chi connectivity index (χ1v) is 8.29. The van der Waals surface area contributed by atoms with Crippen molar-refractivity contribution in [3.63, 3.8) is 0 Å². The second-order valence-corrected chi connectivity index (χ2v) is 6.66. The van der Waals surface area contributed by atoms with Crippen LogP contribution in [-0.2, 0) is 0 Å². The predicted octanol–water partition coefficient (Wildman–Crippen LogP) is 3.84. The van der Waals surface area contributed by atoms with Gasteiger partial charge in [0.15, 0.2) is 0 Å². The van der Waals surface area contributed by atoms with E-state index in [0.29, 0.717) is 35.1 Å². The van der Waals surface area contributed by atoms with Gasteiger partial charge in [0.2, 0.25) is 5.91 Å². The van der Waals surface area contributed by atoms with Gasteiger partial charge in [-0.2, -0.15) is 0 Å². The summed E-state index contributed by atoms with van der Waals surface area (Å²) in [5, 5.41) is 2.76. The number of hydrogen-bond acceptors (Lipinski definition) is 3. The van der Waals surface area contributed by atoms with Crippen LogP contribution in [0.2, 0.25) is 0 Å². The topological polar surface area (TPSA) is 81.4 Å². The van der Waals surface area contributed by atoms with Gasteiger partial charge in [0.05, 0.1) is 12.2 Å². The van der Waals surface area contributed by atoms with Gasteiger partial charge in [-0.3, -0.25) is 9.59 Å². The molecule has 0 radical (unpaired) electrons. The third-order valence-electron chi connectivity index (χ3n) is 3.16. The third kappa shape index (κ3) is 4.83. The Morgan fingerprint density at radius 1 is 1.21 bits per heavy atom. The Bertz CT molecular complexity index is 760. The Labute approximate surface area is 149 Å². The lowest BCUT2D eigenvalue weighted by atomic mass is 10.1. The van der Waals surface area contributed by atoms with Crippen LogP contribution in [0.5, 0.6) is 5.75 Å². The van der Waals surface area contributed by atoms with Crippen LogP contribution in [0.3, 0.4) is 0 Å². The fourth-order valence-corrected chi connectivity index (χ4v) is 2.37. The van der Waals surface area contributed by atoms with Gasteiger partial charge >= 0.3 is 0 Å². The molecule has 0 aromatic heterocycles. The van der Waals surface area contributed by atoms with Crippen molar-refractivity contribution in [1.82, 2.24) is 0 Å². The van der Waals surface area contributed by atoms with Crippen molar-refractivity contribution in [3.8, 4) is 5.75 Å². The van der Waals surface area contributed by atoms with Gasteiger partial charge in [0.25, 0.3) is 5.91 Å². The van der Waals surface area contributed by atoms with Gasteiger partial charge in [-0.25, -0.2) is 0 Å². The monoisotopic (exact) mass is 390 g/mol. The average molecular weight is 391 g/mol. The SMILES string of the molecule is CC(C)COc1ccc(Br)cc1C(=O)Nc1cccc(C(N)=O)c1. The first kappa shape index (κ1) is 18.0. The number of carbonyl (C=O) groups is 2. The molecule has 0 spiro atoms. The summed E-state index contributed by atoms with van der Waals surface area (Å²) < 4.78 is 6.49. The Balaban J connectivity index is 2.24. The van der Waals surface area contributed by atoms with Gasteiger partial charge < -0.3 is 15.8 Å². The van der Waals surface area contributed by atoms with E-state index in [4.69, 9.17) is 10.5 Å². The van der Waals surface area contributed by atoms with Crippen molar-refractivity contribution in [3.05, 3.63) is 58.1 Å². The first-order chi connectivity index (χ1) is 11.4. The molecule has 0 atom stereocenters. The van der Waals surface area contributed by atoms with Crippen molar-refractivity contribution in [1.29, 1.82) is 0 Å². The second-order valence-electron chi connectivity index (χ2n) is 5.74. The van der Waals surface area contributed by atoms with Crippen molar-refractivity contribution >= 4 is 33.4 Å². The molecule has 0 fully saturated rings. The molecule has 0 aliphatic heterocycles. The van der Waals surface area contributed by atoms with Crippen LogP contribution in [0, 0.1) is 5.92 Å². The fourth-order valence-electron chi connectivity index (χ4n) is 2.01. The first-order valence-electron chi connectivity index (χ1n) is 7.50. The van der Waals surface area contributed by atoms with E-state index in [2.05, 4.69) is 21.2 Å². The highest BCUT2D eigenvalue weighted by atomic mass is 79.9. The highest BCUT2D eigenvalue weighted by Crippen LogP contribution is 2.25. The summed E-state index contributed by atoms with van der Waals surface area (Å²) >= 11 is 3.36. The average Bonchev–Trinajstić information content (AvgIpc) is 2.53. The molecule has 6 heteroatoms. The maximum Gasteiger partial charge on any atom is 0.259 e. The van der Waals surface area contributed by atoms with Crippen LogP contribution >= 0.6 is 15.9 Å². The maximum atomic E-state index is 12.6. The van der Waals surface area contributed by atoms with Crippen molar-refractivity contribution in [2.75, 3.05) is 11.9 Å². The number of amides is 2. The number of rotatable bonds is 6. The van der Waals surface area contributed by atoms with E-state index >= 15 is 0 Å². The Morgan fingerprint density at radius 2 is 1.96 bits per heavy atom. The lowest BCUT2D eigenvalue weighted by Gasteiger charge is -2.14. The molecule has 2 amide bonds. The summed E-state index contributed by atoms with van der Waals surface area (Å²) in [6.07, 6.45) is 0. The van der Waals surface area contributed by atoms with E-state index in [1.165, 1.54) is 6.07 Å². The largest absolute Gasteiger partial charge is 0.492 e. The Morgan fingerprint density at radius 3 is 2.62 bits per heavy atom. The van der Waals surface area contributed by atoms with E-state index in [1.807, 2.05) is 19.9 Å².